The minimum Gasteiger partial charge on any atom is -0.497 e. The standard InChI is InChI=1S/C30H40N2O7/c1-6-8-18-38-28(36)24-23-26(34)32(16-9-10-17-33)25(30(23)19-20(3)29(24,4)39-30)27(35)31(15-7-2)21-11-13-22(37-5)14-12-21/h6-7,11-14,20,23-25,33H,1-2,8-10,15-19H2,3-5H3/t20?,23-,24-,25?,29+,30?/m0/s1. The summed E-state index contributed by atoms with van der Waals surface area (Å²) >= 11 is 0. The maximum atomic E-state index is 14.5. The van der Waals surface area contributed by atoms with E-state index in [1.54, 1.807) is 53.3 Å². The molecule has 3 aliphatic heterocycles. The molecule has 0 aliphatic carbocycles. The molecule has 3 saturated heterocycles. The largest absolute Gasteiger partial charge is 0.497 e. The summed E-state index contributed by atoms with van der Waals surface area (Å²) in [7, 11) is 1.57. The Morgan fingerprint density at radius 2 is 1.95 bits per heavy atom. The van der Waals surface area contributed by atoms with Crippen molar-refractivity contribution in [3.8, 4) is 5.75 Å². The Hall–Kier alpha value is -3.17. The number of hydrogen-bond acceptors (Lipinski definition) is 7. The van der Waals surface area contributed by atoms with Crippen LogP contribution in [0.15, 0.2) is 49.6 Å². The van der Waals surface area contributed by atoms with Gasteiger partial charge in [-0.1, -0.05) is 19.1 Å². The van der Waals surface area contributed by atoms with Crippen molar-refractivity contribution in [2.24, 2.45) is 17.8 Å². The predicted octanol–water partition coefficient (Wildman–Crippen LogP) is 3.12. The van der Waals surface area contributed by atoms with E-state index in [0.29, 0.717) is 37.1 Å². The SMILES string of the molecule is C=CCCOC(=O)[C@@H]1[C@H]2C(=O)N(CCCCO)C(C(=O)N(CC=C)c3ccc(OC)cc3)C23CC(C)[C@@]1(C)O3. The summed E-state index contributed by atoms with van der Waals surface area (Å²) in [5, 5.41) is 9.39. The van der Waals surface area contributed by atoms with Gasteiger partial charge in [0.2, 0.25) is 5.91 Å². The average Bonchev–Trinajstić information content (AvgIpc) is 3.44. The van der Waals surface area contributed by atoms with Crippen LogP contribution in [0, 0.1) is 17.8 Å². The molecule has 0 aromatic heterocycles. The smallest absolute Gasteiger partial charge is 0.312 e. The third-order valence-electron chi connectivity index (χ3n) is 8.64. The van der Waals surface area contributed by atoms with Gasteiger partial charge in [-0.2, -0.15) is 0 Å². The Morgan fingerprint density at radius 3 is 2.56 bits per heavy atom. The van der Waals surface area contributed by atoms with E-state index >= 15 is 0 Å². The first-order chi connectivity index (χ1) is 18.7. The van der Waals surface area contributed by atoms with Crippen molar-refractivity contribution in [3.63, 3.8) is 0 Å². The molecule has 6 atom stereocenters. The summed E-state index contributed by atoms with van der Waals surface area (Å²) in [6.07, 6.45) is 5.28. The molecule has 1 aromatic carbocycles. The van der Waals surface area contributed by atoms with Crippen LogP contribution >= 0.6 is 0 Å². The van der Waals surface area contributed by atoms with E-state index < -0.39 is 35.0 Å². The molecule has 9 heteroatoms. The molecule has 9 nitrogen and oxygen atoms in total. The maximum Gasteiger partial charge on any atom is 0.312 e. The third-order valence-corrected chi connectivity index (χ3v) is 8.64. The van der Waals surface area contributed by atoms with Gasteiger partial charge >= 0.3 is 5.97 Å². The van der Waals surface area contributed by atoms with Gasteiger partial charge in [0.05, 0.1) is 25.2 Å². The van der Waals surface area contributed by atoms with Crippen molar-refractivity contribution < 1.29 is 33.7 Å². The van der Waals surface area contributed by atoms with E-state index in [4.69, 9.17) is 14.2 Å². The van der Waals surface area contributed by atoms with Crippen molar-refractivity contribution >= 4 is 23.5 Å². The Balaban J connectivity index is 1.77. The van der Waals surface area contributed by atoms with E-state index in [1.165, 1.54) is 0 Å². The number of hydrogen-bond donors (Lipinski definition) is 1. The van der Waals surface area contributed by atoms with Crippen LogP contribution < -0.4 is 9.64 Å². The average molecular weight is 541 g/mol. The van der Waals surface area contributed by atoms with Crippen LogP contribution in [0.2, 0.25) is 0 Å². The third kappa shape index (κ3) is 4.76. The Morgan fingerprint density at radius 1 is 1.23 bits per heavy atom. The van der Waals surface area contributed by atoms with Crippen molar-refractivity contribution in [1.82, 2.24) is 4.90 Å². The lowest BCUT2D eigenvalue weighted by molar-refractivity contribution is -0.161. The van der Waals surface area contributed by atoms with Gasteiger partial charge in [-0.05, 0) is 62.8 Å². The quantitative estimate of drug-likeness (QED) is 0.233. The van der Waals surface area contributed by atoms with Crippen LogP contribution in [0.5, 0.6) is 5.75 Å². The molecule has 1 N–H and O–H groups in total. The van der Waals surface area contributed by atoms with Crippen LogP contribution in [0.1, 0.15) is 39.5 Å². The highest BCUT2D eigenvalue weighted by molar-refractivity contribution is 6.04. The molecule has 39 heavy (non-hydrogen) atoms. The Kier molecular flexibility index (Phi) is 8.51. The maximum absolute atomic E-state index is 14.5. The number of anilines is 1. The number of unbranched alkanes of at least 4 members (excludes halogenated alkanes) is 1. The fourth-order valence-electron chi connectivity index (χ4n) is 6.70. The Labute approximate surface area is 230 Å². The van der Waals surface area contributed by atoms with Crippen LogP contribution in [-0.2, 0) is 23.9 Å². The number of amides is 2. The van der Waals surface area contributed by atoms with Gasteiger partial charge in [-0.3, -0.25) is 14.4 Å². The number of ether oxygens (including phenoxy) is 3. The molecule has 1 spiro atoms. The number of nitrogens with zero attached hydrogens (tertiary/aromatic N) is 2. The number of aliphatic hydroxyl groups excluding tert-OH is 1. The lowest BCUT2D eigenvalue weighted by atomic mass is 9.62. The number of fused-ring (bicyclic) bond motifs is 1. The number of aliphatic hydroxyl groups is 1. The minimum atomic E-state index is -1.17. The van der Waals surface area contributed by atoms with Gasteiger partial charge in [0.15, 0.2) is 0 Å². The van der Waals surface area contributed by atoms with Crippen molar-refractivity contribution in [2.45, 2.75) is 56.8 Å². The number of benzene rings is 1. The van der Waals surface area contributed by atoms with Gasteiger partial charge in [-0.15, -0.1) is 13.2 Å². The highest BCUT2D eigenvalue weighted by atomic mass is 16.6. The summed E-state index contributed by atoms with van der Waals surface area (Å²) in [4.78, 5) is 45.2. The summed E-state index contributed by atoms with van der Waals surface area (Å²) < 4.78 is 17.6. The summed E-state index contributed by atoms with van der Waals surface area (Å²) in [6, 6.07) is 6.19. The molecule has 3 unspecified atom stereocenters. The lowest BCUT2D eigenvalue weighted by Gasteiger charge is -2.37. The normalized spacial score (nSPS) is 30.7. The first-order valence-corrected chi connectivity index (χ1v) is 13.7. The van der Waals surface area contributed by atoms with Gasteiger partial charge in [-0.25, -0.2) is 0 Å². The summed E-state index contributed by atoms with van der Waals surface area (Å²) in [5.74, 6) is -2.14. The topological polar surface area (TPSA) is 106 Å². The van der Waals surface area contributed by atoms with Gasteiger partial charge in [0.1, 0.15) is 23.3 Å². The number of carbonyl (C=O) groups excluding carboxylic acids is 3. The molecule has 4 rings (SSSR count). The molecule has 2 amide bonds. The van der Waals surface area contributed by atoms with Crippen LogP contribution in [0.3, 0.4) is 0 Å². The second-order valence-electron chi connectivity index (χ2n) is 10.8. The zero-order valence-electron chi connectivity index (χ0n) is 23.1. The van der Waals surface area contributed by atoms with Gasteiger partial charge < -0.3 is 29.1 Å². The molecular formula is C30H40N2O7. The van der Waals surface area contributed by atoms with Crippen LogP contribution in [0.4, 0.5) is 5.69 Å². The van der Waals surface area contributed by atoms with Gasteiger partial charge in [0, 0.05) is 25.4 Å². The zero-order chi connectivity index (χ0) is 28.4. The summed E-state index contributed by atoms with van der Waals surface area (Å²) in [6.45, 7) is 12.0. The molecule has 3 aliphatic rings. The fraction of sp³-hybridized carbons (Fsp3) is 0.567. The van der Waals surface area contributed by atoms with E-state index in [9.17, 15) is 19.5 Å². The lowest BCUT2D eigenvalue weighted by Crippen LogP contribution is -2.57. The van der Waals surface area contributed by atoms with Crippen LogP contribution in [0.25, 0.3) is 0 Å². The number of carbonyl (C=O) groups is 3. The van der Waals surface area contributed by atoms with Crippen molar-refractivity contribution in [1.29, 1.82) is 0 Å². The monoisotopic (exact) mass is 540 g/mol. The molecule has 0 radical (unpaired) electrons. The number of methoxy groups -OCH3 is 1. The first kappa shape index (κ1) is 28.8. The second kappa shape index (κ2) is 11.5. The molecule has 3 fully saturated rings. The zero-order valence-corrected chi connectivity index (χ0v) is 23.1. The molecular weight excluding hydrogens is 500 g/mol. The van der Waals surface area contributed by atoms with Crippen LogP contribution in [-0.4, -0.2) is 78.4 Å². The highest BCUT2D eigenvalue weighted by Gasteiger charge is 2.80. The van der Waals surface area contributed by atoms with E-state index in [0.717, 1.165) is 0 Å². The molecule has 3 heterocycles. The number of rotatable bonds is 13. The number of esters is 1. The second-order valence-corrected chi connectivity index (χ2v) is 10.8. The van der Waals surface area contributed by atoms with E-state index in [2.05, 4.69) is 13.2 Å². The summed E-state index contributed by atoms with van der Waals surface area (Å²) in [5.41, 5.74) is -1.48. The number of likely N-dealkylation sites (tertiary alicyclic amines) is 1. The Bertz CT molecular complexity index is 1110. The molecule has 0 saturated carbocycles. The van der Waals surface area contributed by atoms with Gasteiger partial charge in [0.25, 0.3) is 5.91 Å². The fourth-order valence-corrected chi connectivity index (χ4v) is 6.70. The van der Waals surface area contributed by atoms with E-state index in [-0.39, 0.29) is 44.0 Å². The predicted molar refractivity (Wildman–Crippen MR) is 146 cm³/mol. The van der Waals surface area contributed by atoms with Crippen molar-refractivity contribution in [2.75, 3.05) is 38.3 Å². The molecule has 212 valence electrons. The minimum absolute atomic E-state index is 0.0203. The first-order valence-electron chi connectivity index (χ1n) is 13.7. The molecule has 1 aromatic rings. The van der Waals surface area contributed by atoms with E-state index in [1.807, 2.05) is 13.8 Å². The van der Waals surface area contributed by atoms with Crippen molar-refractivity contribution in [3.05, 3.63) is 49.6 Å². The highest BCUT2D eigenvalue weighted by Crippen LogP contribution is 2.65. The molecule has 2 bridgehead atoms.